The molecule has 40 heavy (non-hydrogen) atoms. The third-order valence-electron chi connectivity index (χ3n) is 5.39. The van der Waals surface area contributed by atoms with Gasteiger partial charge in [-0.3, -0.25) is 4.90 Å². The summed E-state index contributed by atoms with van der Waals surface area (Å²) in [6, 6.07) is 5.74. The molecule has 0 heterocycles. The Kier molecular flexibility index (Phi) is 30.8. The minimum Gasteiger partial charge on any atom is -0.544 e. The fraction of sp³-hybridized carbons (Fsp3) is 0.500. The van der Waals surface area contributed by atoms with Gasteiger partial charge in [0.1, 0.15) is 57.6 Å². The van der Waals surface area contributed by atoms with Gasteiger partial charge in [-0.1, -0.05) is 12.1 Å². The van der Waals surface area contributed by atoms with E-state index in [0.717, 1.165) is 0 Å². The Bertz CT molecular complexity index is 897. The molecule has 14 nitrogen and oxygen atoms in total. The number of carboxylic acids is 4. The second kappa shape index (κ2) is 26.0. The average Bonchev–Trinajstić information content (AvgIpc) is 2.75. The minimum atomic E-state index is -1.62. The molecule has 0 aliphatic rings. The Labute approximate surface area is 328 Å². The maximum atomic E-state index is 11.8. The number of quaternary nitrogens is 3. The summed E-state index contributed by atoms with van der Waals surface area (Å²) >= 11 is 0. The SMILES string of the molecule is CCOc1ccc(CC(C[NH+](CC[NH+](CC(=O)[O-])CC(=O)[O-])C(=O)[O-])[NH+](CC(=O)[O-])CC(=O)[O-])cc1.[Ca+2].[Na+].[Na+].[Na+]. The van der Waals surface area contributed by atoms with E-state index in [1.54, 1.807) is 31.2 Å². The molecule has 2 unspecified atom stereocenters. The van der Waals surface area contributed by atoms with Gasteiger partial charge in [0, 0.05) is 6.42 Å². The quantitative estimate of drug-likeness (QED) is 0.131. The first kappa shape index (κ1) is 47.4. The molecule has 0 radical (unpaired) electrons. The number of amides is 1. The number of carboxylic acid groups (broad SMARTS) is 5. The van der Waals surface area contributed by atoms with Gasteiger partial charge in [-0.25, -0.2) is 0 Å². The van der Waals surface area contributed by atoms with Crippen molar-refractivity contribution in [2.45, 2.75) is 19.4 Å². The topological polar surface area (TPSA) is 223 Å². The van der Waals surface area contributed by atoms with Crippen LogP contribution in [0.15, 0.2) is 24.3 Å². The normalized spacial score (nSPS) is 11.5. The molecule has 1 aromatic carbocycles. The molecular formula is C22H29CaN3Na3O11+3. The van der Waals surface area contributed by atoms with E-state index in [0.29, 0.717) is 17.9 Å². The van der Waals surface area contributed by atoms with Crippen molar-refractivity contribution in [2.75, 3.05) is 52.4 Å². The molecule has 0 fully saturated rings. The van der Waals surface area contributed by atoms with Crippen molar-refractivity contribution in [3.8, 4) is 5.75 Å². The van der Waals surface area contributed by atoms with Crippen LogP contribution in [-0.4, -0.2) is 126 Å². The monoisotopic (exact) mass is 620 g/mol. The van der Waals surface area contributed by atoms with Gasteiger partial charge in [0.15, 0.2) is 0 Å². The van der Waals surface area contributed by atoms with Gasteiger partial charge in [0.2, 0.25) is 0 Å². The van der Waals surface area contributed by atoms with E-state index in [4.69, 9.17) is 4.74 Å². The number of carbonyl (C=O) groups excluding carboxylic acids is 5. The van der Waals surface area contributed by atoms with Crippen LogP contribution in [-0.2, 0) is 25.6 Å². The van der Waals surface area contributed by atoms with Gasteiger partial charge in [-0.15, -0.1) is 0 Å². The summed E-state index contributed by atoms with van der Waals surface area (Å²) < 4.78 is 5.36. The predicted octanol–water partition coefficient (Wildman–Crippen LogP) is -20.4. The Morgan fingerprint density at radius 3 is 1.57 bits per heavy atom. The number of hydrogen-bond acceptors (Lipinski definition) is 11. The minimum absolute atomic E-state index is 0. The molecule has 0 aliphatic heterocycles. The summed E-state index contributed by atoms with van der Waals surface area (Å²) in [5, 5.41) is 56.2. The number of hydrogen-bond donors (Lipinski definition) is 3. The number of nitrogens with one attached hydrogen (secondary N) is 3. The predicted molar refractivity (Wildman–Crippen MR) is 113 cm³/mol. The number of ether oxygens (including phenoxy) is 1. The molecule has 0 aromatic heterocycles. The molecule has 1 rings (SSSR count). The third kappa shape index (κ3) is 21.2. The Hall–Kier alpha value is 0.510. The zero-order valence-corrected chi connectivity index (χ0v) is 31.7. The van der Waals surface area contributed by atoms with Crippen LogP contribution in [0.2, 0.25) is 0 Å². The maximum absolute atomic E-state index is 11.8. The second-order valence-electron chi connectivity index (χ2n) is 8.18. The summed E-state index contributed by atoms with van der Waals surface area (Å²) in [5.41, 5.74) is 0.636. The van der Waals surface area contributed by atoms with Gasteiger partial charge in [-0.2, -0.15) is 0 Å². The van der Waals surface area contributed by atoms with Crippen LogP contribution in [0.1, 0.15) is 12.5 Å². The van der Waals surface area contributed by atoms with Crippen LogP contribution in [0.4, 0.5) is 4.79 Å². The van der Waals surface area contributed by atoms with Crippen LogP contribution in [0, 0.1) is 0 Å². The molecule has 18 heteroatoms. The molecule has 200 valence electrons. The van der Waals surface area contributed by atoms with Gasteiger partial charge >= 0.3 is 126 Å². The summed E-state index contributed by atoms with van der Waals surface area (Å²) in [5.74, 6) is -5.65. The maximum Gasteiger partial charge on any atom is 2.00 e. The molecule has 0 saturated carbocycles. The third-order valence-corrected chi connectivity index (χ3v) is 5.39. The molecule has 0 saturated heterocycles. The fourth-order valence-electron chi connectivity index (χ4n) is 3.82. The Balaban J connectivity index is -0.00000162. The van der Waals surface area contributed by atoms with Crippen molar-refractivity contribution in [1.29, 1.82) is 0 Å². The molecule has 3 N–H and O–H groups in total. The summed E-state index contributed by atoms with van der Waals surface area (Å²) in [7, 11) is 0. The van der Waals surface area contributed by atoms with E-state index in [1.807, 2.05) is 0 Å². The van der Waals surface area contributed by atoms with Crippen LogP contribution >= 0.6 is 0 Å². The molecule has 2 atom stereocenters. The zero-order valence-electron chi connectivity index (χ0n) is 23.4. The summed E-state index contributed by atoms with van der Waals surface area (Å²) in [4.78, 5) is 55.8. The number of rotatable bonds is 18. The first-order valence-corrected chi connectivity index (χ1v) is 11.2. The van der Waals surface area contributed by atoms with Gasteiger partial charge in [-0.05, 0) is 24.6 Å². The van der Waals surface area contributed by atoms with Gasteiger partial charge in [0.25, 0.3) is 6.09 Å². The van der Waals surface area contributed by atoms with E-state index >= 15 is 0 Å². The van der Waals surface area contributed by atoms with Crippen molar-refractivity contribution in [1.82, 2.24) is 0 Å². The zero-order chi connectivity index (χ0) is 27.3. The molecular weight excluding hydrogens is 591 g/mol. The van der Waals surface area contributed by atoms with Crippen LogP contribution in [0.25, 0.3) is 0 Å². The number of benzene rings is 1. The summed E-state index contributed by atoms with van der Waals surface area (Å²) in [6.07, 6.45) is -1.55. The first-order chi connectivity index (χ1) is 16.9. The summed E-state index contributed by atoms with van der Waals surface area (Å²) in [6.45, 7) is -1.56. The van der Waals surface area contributed by atoms with Crippen molar-refractivity contribution in [3.63, 3.8) is 0 Å². The Morgan fingerprint density at radius 1 is 0.750 bits per heavy atom. The van der Waals surface area contributed by atoms with E-state index < -0.39 is 62.2 Å². The standard InChI is InChI=1S/C22H31N3O11.Ca.3Na/c1-2-36-17-5-3-15(4-6-17)9-16(25(13-20(30)31)14-21(32)33)10-24(22(34)35)8-7-23(11-18(26)27)12-19(28)29;;;;/h3-6,16H,2,7-14H2,1H3,(H,26,27)(H,28,29)(H,30,31)(H,32,33)(H,34,35);;;;/q;+2;3*+1/p-2. The molecule has 0 spiro atoms. The van der Waals surface area contributed by atoms with Crippen LogP contribution in [0.5, 0.6) is 5.75 Å². The van der Waals surface area contributed by atoms with Gasteiger partial charge < -0.3 is 64.0 Å². The smallest absolute Gasteiger partial charge is 0.544 e. The van der Waals surface area contributed by atoms with Gasteiger partial charge in [0.05, 0.1) is 30.5 Å². The van der Waals surface area contributed by atoms with E-state index in [2.05, 4.69) is 0 Å². The van der Waals surface area contributed by atoms with E-state index in [1.165, 1.54) is 0 Å². The first-order valence-electron chi connectivity index (χ1n) is 11.2. The molecule has 0 aliphatic carbocycles. The largest absolute Gasteiger partial charge is 2.00 e. The van der Waals surface area contributed by atoms with E-state index in [9.17, 15) is 49.5 Å². The van der Waals surface area contributed by atoms with Crippen molar-refractivity contribution in [3.05, 3.63) is 29.8 Å². The van der Waals surface area contributed by atoms with Crippen LogP contribution in [0.3, 0.4) is 0 Å². The Morgan fingerprint density at radius 2 is 1.20 bits per heavy atom. The molecule has 1 amide bonds. The fourth-order valence-corrected chi connectivity index (χ4v) is 3.82. The number of aliphatic carboxylic acids is 4. The van der Waals surface area contributed by atoms with Crippen molar-refractivity contribution in [2.24, 2.45) is 0 Å². The average molecular weight is 621 g/mol. The van der Waals surface area contributed by atoms with Crippen LogP contribution < -0.4 is 134 Å². The van der Waals surface area contributed by atoms with Crippen molar-refractivity contribution >= 4 is 67.7 Å². The molecule has 1 aromatic rings. The molecule has 0 bridgehead atoms. The van der Waals surface area contributed by atoms with Crippen molar-refractivity contribution < 1.29 is 158 Å². The second-order valence-corrected chi connectivity index (χ2v) is 8.18. The number of carbonyl (C=O) groups is 5. The van der Waals surface area contributed by atoms with E-state index in [-0.39, 0.29) is 167 Å².